The summed E-state index contributed by atoms with van der Waals surface area (Å²) in [5.74, 6) is 0.941. The Morgan fingerprint density at radius 1 is 1.38 bits per heavy atom. The van der Waals surface area contributed by atoms with E-state index in [4.69, 9.17) is 0 Å². The fourth-order valence-corrected chi connectivity index (χ4v) is 1.99. The van der Waals surface area contributed by atoms with Crippen molar-refractivity contribution >= 4 is 5.91 Å². The molecular formula is C11H21NO. The van der Waals surface area contributed by atoms with E-state index in [-0.39, 0.29) is 0 Å². The summed E-state index contributed by atoms with van der Waals surface area (Å²) in [4.78, 5) is 13.7. The van der Waals surface area contributed by atoms with Gasteiger partial charge in [0.2, 0.25) is 5.91 Å². The number of hydrogen-bond donors (Lipinski definition) is 0. The molecule has 0 aromatic heterocycles. The zero-order valence-corrected chi connectivity index (χ0v) is 8.88. The van der Waals surface area contributed by atoms with Crippen molar-refractivity contribution in [1.29, 1.82) is 0 Å². The van der Waals surface area contributed by atoms with Gasteiger partial charge in [-0.3, -0.25) is 4.79 Å². The van der Waals surface area contributed by atoms with Crippen LogP contribution in [0.25, 0.3) is 0 Å². The van der Waals surface area contributed by atoms with Crippen LogP contribution in [0.1, 0.15) is 46.0 Å². The molecule has 1 aliphatic rings. The first-order chi connectivity index (χ1) is 6.24. The fraction of sp³-hybridized carbons (Fsp3) is 0.909. The second kappa shape index (κ2) is 5.25. The molecule has 0 bridgehead atoms. The molecule has 76 valence electrons. The maximum Gasteiger partial charge on any atom is 0.222 e. The Kier molecular flexibility index (Phi) is 4.26. The first-order valence-corrected chi connectivity index (χ1v) is 5.51. The standard InChI is InChI=1S/C11H21NO/c1-3-6-10(2)9-11(13)12-7-4-5-8-12/h10H,3-9H2,1-2H3. The van der Waals surface area contributed by atoms with E-state index in [9.17, 15) is 4.79 Å². The number of hydrogen-bond acceptors (Lipinski definition) is 1. The number of carbonyl (C=O) groups is 1. The molecule has 0 N–H and O–H groups in total. The summed E-state index contributed by atoms with van der Waals surface area (Å²) in [5.41, 5.74) is 0. The van der Waals surface area contributed by atoms with Crippen molar-refractivity contribution in [2.24, 2.45) is 5.92 Å². The highest BCUT2D eigenvalue weighted by atomic mass is 16.2. The summed E-state index contributed by atoms with van der Waals surface area (Å²) in [7, 11) is 0. The Bertz CT molecular complexity index is 161. The maximum absolute atomic E-state index is 11.7. The Morgan fingerprint density at radius 2 is 2.00 bits per heavy atom. The molecule has 0 spiro atoms. The predicted molar refractivity (Wildman–Crippen MR) is 54.5 cm³/mol. The highest BCUT2D eigenvalue weighted by Crippen LogP contribution is 2.15. The highest BCUT2D eigenvalue weighted by molar-refractivity contribution is 5.76. The highest BCUT2D eigenvalue weighted by Gasteiger charge is 2.19. The predicted octanol–water partition coefficient (Wildman–Crippen LogP) is 2.44. The molecule has 1 heterocycles. The molecule has 2 heteroatoms. The van der Waals surface area contributed by atoms with Gasteiger partial charge in [0.15, 0.2) is 0 Å². The van der Waals surface area contributed by atoms with E-state index in [1.807, 2.05) is 4.90 Å². The quantitative estimate of drug-likeness (QED) is 0.655. The van der Waals surface area contributed by atoms with Gasteiger partial charge in [-0.1, -0.05) is 26.7 Å². The molecule has 2 nitrogen and oxygen atoms in total. The third-order valence-corrected chi connectivity index (χ3v) is 2.76. The monoisotopic (exact) mass is 183 g/mol. The summed E-state index contributed by atoms with van der Waals surface area (Å²) in [6.07, 6.45) is 5.53. The fourth-order valence-electron chi connectivity index (χ4n) is 1.99. The molecule has 1 fully saturated rings. The number of amides is 1. The van der Waals surface area contributed by atoms with Gasteiger partial charge in [0.05, 0.1) is 0 Å². The summed E-state index contributed by atoms with van der Waals surface area (Å²) < 4.78 is 0. The van der Waals surface area contributed by atoms with E-state index in [0.717, 1.165) is 19.5 Å². The molecule has 13 heavy (non-hydrogen) atoms. The minimum absolute atomic E-state index is 0.374. The summed E-state index contributed by atoms with van der Waals surface area (Å²) >= 11 is 0. The Labute approximate surface area is 81.3 Å². The smallest absolute Gasteiger partial charge is 0.222 e. The average Bonchev–Trinajstić information content (AvgIpc) is 2.55. The van der Waals surface area contributed by atoms with E-state index >= 15 is 0 Å². The van der Waals surface area contributed by atoms with Gasteiger partial charge in [0.1, 0.15) is 0 Å². The third kappa shape index (κ3) is 3.37. The van der Waals surface area contributed by atoms with Gasteiger partial charge in [0, 0.05) is 19.5 Å². The van der Waals surface area contributed by atoms with Crippen LogP contribution in [0.3, 0.4) is 0 Å². The van der Waals surface area contributed by atoms with Crippen LogP contribution in [0.2, 0.25) is 0 Å². The van der Waals surface area contributed by atoms with Crippen LogP contribution in [0.15, 0.2) is 0 Å². The molecule has 0 aromatic rings. The molecule has 1 rings (SSSR count). The molecule has 0 radical (unpaired) electrons. The van der Waals surface area contributed by atoms with Gasteiger partial charge in [-0.2, -0.15) is 0 Å². The first-order valence-electron chi connectivity index (χ1n) is 5.51. The van der Waals surface area contributed by atoms with Crippen LogP contribution in [0, 0.1) is 5.92 Å². The van der Waals surface area contributed by atoms with Gasteiger partial charge in [0.25, 0.3) is 0 Å². The van der Waals surface area contributed by atoms with E-state index in [0.29, 0.717) is 11.8 Å². The first kappa shape index (κ1) is 10.6. The molecular weight excluding hydrogens is 162 g/mol. The third-order valence-electron chi connectivity index (χ3n) is 2.76. The van der Waals surface area contributed by atoms with Gasteiger partial charge in [-0.15, -0.1) is 0 Å². The van der Waals surface area contributed by atoms with Gasteiger partial charge in [-0.25, -0.2) is 0 Å². The largest absolute Gasteiger partial charge is 0.343 e. The van der Waals surface area contributed by atoms with Crippen LogP contribution >= 0.6 is 0 Å². The molecule has 0 aliphatic carbocycles. The molecule has 0 saturated carbocycles. The molecule has 1 saturated heterocycles. The van der Waals surface area contributed by atoms with Crippen molar-refractivity contribution in [2.75, 3.05) is 13.1 Å². The molecule has 1 atom stereocenters. The van der Waals surface area contributed by atoms with Crippen molar-refractivity contribution in [1.82, 2.24) is 4.90 Å². The minimum atomic E-state index is 0.374. The Balaban J connectivity index is 2.23. The van der Waals surface area contributed by atoms with Crippen molar-refractivity contribution in [3.05, 3.63) is 0 Å². The lowest BCUT2D eigenvalue weighted by Gasteiger charge is -2.17. The van der Waals surface area contributed by atoms with E-state index in [1.54, 1.807) is 0 Å². The zero-order valence-electron chi connectivity index (χ0n) is 8.88. The lowest BCUT2D eigenvalue weighted by Crippen LogP contribution is -2.28. The normalized spacial score (nSPS) is 19.1. The second-order valence-corrected chi connectivity index (χ2v) is 4.19. The zero-order chi connectivity index (χ0) is 9.68. The minimum Gasteiger partial charge on any atom is -0.343 e. The van der Waals surface area contributed by atoms with Gasteiger partial charge < -0.3 is 4.90 Å². The lowest BCUT2D eigenvalue weighted by molar-refractivity contribution is -0.131. The van der Waals surface area contributed by atoms with E-state index < -0.39 is 0 Å². The van der Waals surface area contributed by atoms with E-state index in [1.165, 1.54) is 25.7 Å². The summed E-state index contributed by atoms with van der Waals surface area (Å²) in [6.45, 7) is 6.35. The van der Waals surface area contributed by atoms with E-state index in [2.05, 4.69) is 13.8 Å². The number of carbonyl (C=O) groups excluding carboxylic acids is 1. The maximum atomic E-state index is 11.7. The Hall–Kier alpha value is -0.530. The lowest BCUT2D eigenvalue weighted by atomic mass is 10.0. The van der Waals surface area contributed by atoms with Gasteiger partial charge >= 0.3 is 0 Å². The molecule has 1 aliphatic heterocycles. The van der Waals surface area contributed by atoms with Gasteiger partial charge in [-0.05, 0) is 18.8 Å². The molecule has 1 amide bonds. The topological polar surface area (TPSA) is 20.3 Å². The molecule has 0 aromatic carbocycles. The summed E-state index contributed by atoms with van der Waals surface area (Å²) in [6, 6.07) is 0. The SMILES string of the molecule is CCCC(C)CC(=O)N1CCCC1. The molecule has 1 unspecified atom stereocenters. The van der Waals surface area contributed by atoms with Crippen LogP contribution in [0.4, 0.5) is 0 Å². The van der Waals surface area contributed by atoms with Crippen molar-refractivity contribution in [3.63, 3.8) is 0 Å². The number of rotatable bonds is 4. The number of nitrogens with zero attached hydrogens (tertiary/aromatic N) is 1. The van der Waals surface area contributed by atoms with Crippen molar-refractivity contribution in [3.8, 4) is 0 Å². The second-order valence-electron chi connectivity index (χ2n) is 4.19. The van der Waals surface area contributed by atoms with Crippen LogP contribution in [-0.2, 0) is 4.79 Å². The van der Waals surface area contributed by atoms with Crippen LogP contribution in [-0.4, -0.2) is 23.9 Å². The van der Waals surface area contributed by atoms with Crippen molar-refractivity contribution in [2.45, 2.75) is 46.0 Å². The van der Waals surface area contributed by atoms with Crippen LogP contribution < -0.4 is 0 Å². The average molecular weight is 183 g/mol. The summed E-state index contributed by atoms with van der Waals surface area (Å²) in [5, 5.41) is 0. The van der Waals surface area contributed by atoms with Crippen LogP contribution in [0.5, 0.6) is 0 Å². The number of likely N-dealkylation sites (tertiary alicyclic amines) is 1. The van der Waals surface area contributed by atoms with Crippen molar-refractivity contribution < 1.29 is 4.79 Å². The Morgan fingerprint density at radius 3 is 2.54 bits per heavy atom.